The molecule has 0 radical (unpaired) electrons. The highest BCUT2D eigenvalue weighted by Crippen LogP contribution is 2.36. The third-order valence-electron chi connectivity index (χ3n) is 3.72. The quantitative estimate of drug-likeness (QED) is 0.742. The number of alkyl halides is 1. The molecule has 2 unspecified atom stereocenters. The van der Waals surface area contributed by atoms with Crippen molar-refractivity contribution in [3.05, 3.63) is 29.6 Å². The fourth-order valence-corrected chi connectivity index (χ4v) is 3.62. The van der Waals surface area contributed by atoms with Gasteiger partial charge in [-0.15, -0.1) is 0 Å². The Morgan fingerprint density at radius 3 is 2.78 bits per heavy atom. The van der Waals surface area contributed by atoms with E-state index in [1.807, 2.05) is 0 Å². The SMILES string of the molecule is CC(C)(C)C(CBr)CC1Cc2cc(F)ccc2O1. The van der Waals surface area contributed by atoms with Gasteiger partial charge >= 0.3 is 0 Å². The number of rotatable bonds is 3. The van der Waals surface area contributed by atoms with E-state index >= 15 is 0 Å². The lowest BCUT2D eigenvalue weighted by molar-refractivity contribution is 0.150. The summed E-state index contributed by atoms with van der Waals surface area (Å²) in [6.07, 6.45) is 2.01. The minimum absolute atomic E-state index is 0.175. The number of halogens is 2. The van der Waals surface area contributed by atoms with Gasteiger partial charge in [-0.05, 0) is 36.0 Å². The van der Waals surface area contributed by atoms with Crippen LogP contribution in [0.1, 0.15) is 32.8 Å². The molecule has 0 N–H and O–H groups in total. The molecule has 1 aliphatic heterocycles. The smallest absolute Gasteiger partial charge is 0.123 e. The first kappa shape index (κ1) is 13.9. The van der Waals surface area contributed by atoms with E-state index < -0.39 is 0 Å². The van der Waals surface area contributed by atoms with E-state index in [4.69, 9.17) is 4.74 Å². The first-order chi connectivity index (χ1) is 8.40. The van der Waals surface area contributed by atoms with Gasteiger partial charge in [0.1, 0.15) is 17.7 Å². The van der Waals surface area contributed by atoms with Gasteiger partial charge in [0.05, 0.1) is 0 Å². The Balaban J connectivity index is 2.03. The molecule has 2 rings (SSSR count). The Bertz CT molecular complexity index is 425. The fourth-order valence-electron chi connectivity index (χ4n) is 2.39. The highest BCUT2D eigenvalue weighted by atomic mass is 79.9. The van der Waals surface area contributed by atoms with E-state index in [9.17, 15) is 4.39 Å². The Kier molecular flexibility index (Phi) is 4.00. The summed E-state index contributed by atoms with van der Waals surface area (Å²) in [5, 5.41) is 0.973. The van der Waals surface area contributed by atoms with E-state index in [2.05, 4.69) is 36.7 Å². The van der Waals surface area contributed by atoms with E-state index in [1.54, 1.807) is 12.1 Å². The second-order valence-electron chi connectivity index (χ2n) is 6.15. The van der Waals surface area contributed by atoms with Crippen molar-refractivity contribution in [1.29, 1.82) is 0 Å². The van der Waals surface area contributed by atoms with Crippen LogP contribution < -0.4 is 4.74 Å². The zero-order valence-corrected chi connectivity index (χ0v) is 12.8. The largest absolute Gasteiger partial charge is 0.490 e. The third kappa shape index (κ3) is 3.05. The first-order valence-electron chi connectivity index (χ1n) is 6.41. The van der Waals surface area contributed by atoms with E-state index in [-0.39, 0.29) is 17.3 Å². The zero-order chi connectivity index (χ0) is 13.3. The minimum atomic E-state index is -0.175. The first-order valence-corrected chi connectivity index (χ1v) is 7.53. The summed E-state index contributed by atoms with van der Waals surface area (Å²) in [5.41, 5.74) is 1.26. The molecule has 18 heavy (non-hydrogen) atoms. The second-order valence-corrected chi connectivity index (χ2v) is 6.80. The summed E-state index contributed by atoms with van der Waals surface area (Å²) in [5.74, 6) is 1.23. The normalized spacial score (nSPS) is 20.4. The molecule has 1 aliphatic rings. The van der Waals surface area contributed by atoms with Gasteiger partial charge in [0.25, 0.3) is 0 Å². The molecule has 1 aromatic rings. The van der Waals surface area contributed by atoms with Gasteiger partial charge in [0.15, 0.2) is 0 Å². The molecule has 2 atom stereocenters. The Morgan fingerprint density at radius 1 is 1.44 bits per heavy atom. The van der Waals surface area contributed by atoms with Crippen LogP contribution >= 0.6 is 15.9 Å². The predicted octanol–water partition coefficient (Wildman–Crippen LogP) is 4.58. The summed E-state index contributed by atoms with van der Waals surface area (Å²) < 4.78 is 19.0. The van der Waals surface area contributed by atoms with Gasteiger partial charge in [0, 0.05) is 17.3 Å². The van der Waals surface area contributed by atoms with Crippen molar-refractivity contribution in [2.24, 2.45) is 11.3 Å². The van der Waals surface area contributed by atoms with Crippen molar-refractivity contribution in [3.63, 3.8) is 0 Å². The van der Waals surface area contributed by atoms with Gasteiger partial charge in [-0.25, -0.2) is 4.39 Å². The monoisotopic (exact) mass is 314 g/mol. The van der Waals surface area contributed by atoms with Crippen molar-refractivity contribution < 1.29 is 9.13 Å². The second kappa shape index (κ2) is 5.20. The van der Waals surface area contributed by atoms with Crippen LogP contribution in [0.5, 0.6) is 5.75 Å². The molecular weight excluding hydrogens is 295 g/mol. The number of fused-ring (bicyclic) bond motifs is 1. The molecule has 0 fully saturated rings. The van der Waals surface area contributed by atoms with Crippen molar-refractivity contribution in [1.82, 2.24) is 0 Å². The predicted molar refractivity (Wildman–Crippen MR) is 75.9 cm³/mol. The van der Waals surface area contributed by atoms with Crippen LogP contribution in [0, 0.1) is 17.2 Å². The lowest BCUT2D eigenvalue weighted by atomic mass is 9.78. The van der Waals surface area contributed by atoms with E-state index in [1.165, 1.54) is 6.07 Å². The Hall–Kier alpha value is -0.570. The van der Waals surface area contributed by atoms with Crippen LogP contribution in [0.2, 0.25) is 0 Å². The molecule has 1 nitrogen and oxygen atoms in total. The molecule has 0 spiro atoms. The Labute approximate surface area is 117 Å². The topological polar surface area (TPSA) is 9.23 Å². The molecule has 0 bridgehead atoms. The van der Waals surface area contributed by atoms with Gasteiger partial charge in [-0.2, -0.15) is 0 Å². The van der Waals surface area contributed by atoms with Crippen LogP contribution in [0.3, 0.4) is 0 Å². The number of hydrogen-bond acceptors (Lipinski definition) is 1. The lowest BCUT2D eigenvalue weighted by Crippen LogP contribution is -2.28. The molecule has 100 valence electrons. The zero-order valence-electron chi connectivity index (χ0n) is 11.2. The molecule has 1 heterocycles. The van der Waals surface area contributed by atoms with Crippen molar-refractivity contribution >= 4 is 15.9 Å². The standard InChI is InChI=1S/C15H20BrFO/c1-15(2,3)11(9-16)8-13-7-10-6-12(17)4-5-14(10)18-13/h4-6,11,13H,7-9H2,1-3H3. The highest BCUT2D eigenvalue weighted by Gasteiger charge is 2.31. The van der Waals surface area contributed by atoms with Crippen molar-refractivity contribution in [2.75, 3.05) is 5.33 Å². The van der Waals surface area contributed by atoms with Gasteiger partial charge in [-0.1, -0.05) is 36.7 Å². The fraction of sp³-hybridized carbons (Fsp3) is 0.600. The number of hydrogen-bond donors (Lipinski definition) is 0. The summed E-state index contributed by atoms with van der Waals surface area (Å²) >= 11 is 3.59. The average Bonchev–Trinajstić information content (AvgIpc) is 2.65. The van der Waals surface area contributed by atoms with Crippen LogP contribution in [0.4, 0.5) is 4.39 Å². The average molecular weight is 315 g/mol. The van der Waals surface area contributed by atoms with E-state index in [0.717, 1.165) is 29.5 Å². The summed E-state index contributed by atoms with van der Waals surface area (Å²) in [4.78, 5) is 0. The van der Waals surface area contributed by atoms with Gasteiger partial charge in [0.2, 0.25) is 0 Å². The maximum Gasteiger partial charge on any atom is 0.123 e. The summed E-state index contributed by atoms with van der Waals surface area (Å²) in [6.45, 7) is 6.75. The van der Waals surface area contributed by atoms with Gasteiger partial charge in [-0.3, -0.25) is 0 Å². The summed E-state index contributed by atoms with van der Waals surface area (Å²) in [6, 6.07) is 4.80. The third-order valence-corrected chi connectivity index (χ3v) is 4.50. The van der Waals surface area contributed by atoms with Crippen LogP contribution in [-0.4, -0.2) is 11.4 Å². The maximum atomic E-state index is 13.1. The van der Waals surface area contributed by atoms with Gasteiger partial charge < -0.3 is 4.74 Å². The molecule has 0 saturated carbocycles. The van der Waals surface area contributed by atoms with Crippen LogP contribution in [0.15, 0.2) is 18.2 Å². The van der Waals surface area contributed by atoms with Crippen LogP contribution in [-0.2, 0) is 6.42 Å². The molecule has 1 aromatic carbocycles. The Morgan fingerprint density at radius 2 is 2.17 bits per heavy atom. The van der Waals surface area contributed by atoms with Crippen LogP contribution in [0.25, 0.3) is 0 Å². The molecule has 0 amide bonds. The molecule has 0 aliphatic carbocycles. The molecule has 0 aromatic heterocycles. The number of ether oxygens (including phenoxy) is 1. The minimum Gasteiger partial charge on any atom is -0.490 e. The maximum absolute atomic E-state index is 13.1. The van der Waals surface area contributed by atoms with Crippen molar-refractivity contribution in [2.45, 2.75) is 39.7 Å². The van der Waals surface area contributed by atoms with Crippen molar-refractivity contribution in [3.8, 4) is 5.75 Å². The van der Waals surface area contributed by atoms with E-state index in [0.29, 0.717) is 5.92 Å². The molecular formula is C15H20BrFO. The highest BCUT2D eigenvalue weighted by molar-refractivity contribution is 9.09. The molecule has 3 heteroatoms. The summed E-state index contributed by atoms with van der Waals surface area (Å²) in [7, 11) is 0. The number of benzene rings is 1. The lowest BCUT2D eigenvalue weighted by Gasteiger charge is -2.31. The molecule has 0 saturated heterocycles.